The van der Waals surface area contributed by atoms with Gasteiger partial charge in [-0.2, -0.15) is 4.31 Å². The summed E-state index contributed by atoms with van der Waals surface area (Å²) in [6.45, 7) is 1.21. The topological polar surface area (TPSA) is 97.8 Å². The zero-order chi connectivity index (χ0) is 20.9. The highest BCUT2D eigenvalue weighted by atomic mass is 32.2. The summed E-state index contributed by atoms with van der Waals surface area (Å²) in [4.78, 5) is 16.7. The van der Waals surface area contributed by atoms with E-state index in [1.165, 1.54) is 24.7 Å². The van der Waals surface area contributed by atoms with Crippen molar-refractivity contribution in [3.05, 3.63) is 48.3 Å². The molecule has 0 saturated carbocycles. The lowest BCUT2D eigenvalue weighted by atomic mass is 9.99. The van der Waals surface area contributed by atoms with Gasteiger partial charge in [-0.15, -0.1) is 0 Å². The van der Waals surface area contributed by atoms with Gasteiger partial charge in [0, 0.05) is 43.7 Å². The number of benzene rings is 1. The average Bonchev–Trinajstić information content (AvgIpc) is 2.77. The predicted octanol–water partition coefficient (Wildman–Crippen LogP) is 1.93. The highest BCUT2D eigenvalue weighted by molar-refractivity contribution is 7.89. The number of carbonyl (C=O) groups is 1. The first-order chi connectivity index (χ1) is 13.9. The number of nitrogens with one attached hydrogen (secondary N) is 1. The average molecular weight is 420 g/mol. The van der Waals surface area contributed by atoms with Crippen molar-refractivity contribution in [2.75, 3.05) is 33.9 Å². The largest absolute Gasteiger partial charge is 0.497 e. The Morgan fingerprint density at radius 2 is 1.97 bits per heavy atom. The molecule has 1 saturated heterocycles. The van der Waals surface area contributed by atoms with Gasteiger partial charge in [-0.25, -0.2) is 8.42 Å². The number of sulfonamides is 1. The summed E-state index contributed by atoms with van der Waals surface area (Å²) in [5.74, 6) is 0.836. The van der Waals surface area contributed by atoms with E-state index in [0.717, 1.165) is 12.8 Å². The Morgan fingerprint density at radius 3 is 2.59 bits per heavy atom. The van der Waals surface area contributed by atoms with Crippen LogP contribution in [-0.4, -0.2) is 57.5 Å². The summed E-state index contributed by atoms with van der Waals surface area (Å²) in [7, 11) is -0.531. The SMILES string of the molecule is COc1cc(OC)cc(C(=O)NCC2CCCN(S(=O)(=O)c3cccnc3)C2)c1. The van der Waals surface area contributed by atoms with Crippen molar-refractivity contribution >= 4 is 15.9 Å². The van der Waals surface area contributed by atoms with Crippen molar-refractivity contribution in [1.82, 2.24) is 14.6 Å². The third-order valence-corrected chi connectivity index (χ3v) is 6.77. The number of amides is 1. The molecule has 9 heteroatoms. The van der Waals surface area contributed by atoms with Crippen LogP contribution in [0.1, 0.15) is 23.2 Å². The molecule has 1 aromatic carbocycles. The van der Waals surface area contributed by atoms with Gasteiger partial charge in [0.2, 0.25) is 10.0 Å². The van der Waals surface area contributed by atoms with E-state index in [1.807, 2.05) is 0 Å². The standard InChI is InChI=1S/C20H25N3O5S/c1-27-17-9-16(10-18(11-17)28-2)20(24)22-12-15-5-4-8-23(14-15)29(25,26)19-6-3-7-21-13-19/h3,6-7,9-11,13,15H,4-5,8,12,14H2,1-2H3,(H,22,24). The molecule has 0 radical (unpaired) electrons. The molecule has 0 aliphatic carbocycles. The number of ether oxygens (including phenoxy) is 2. The Morgan fingerprint density at radius 1 is 1.24 bits per heavy atom. The Bertz CT molecular complexity index is 928. The van der Waals surface area contributed by atoms with Crippen molar-refractivity contribution < 1.29 is 22.7 Å². The smallest absolute Gasteiger partial charge is 0.251 e. The van der Waals surface area contributed by atoms with Crippen LogP contribution >= 0.6 is 0 Å². The second-order valence-corrected chi connectivity index (χ2v) is 8.81. The lowest BCUT2D eigenvalue weighted by Gasteiger charge is -2.32. The molecule has 8 nitrogen and oxygen atoms in total. The van der Waals surface area contributed by atoms with E-state index < -0.39 is 10.0 Å². The molecule has 1 fully saturated rings. The molecular formula is C20H25N3O5S. The molecule has 1 unspecified atom stereocenters. The maximum absolute atomic E-state index is 12.8. The predicted molar refractivity (Wildman–Crippen MR) is 108 cm³/mol. The fraction of sp³-hybridized carbons (Fsp3) is 0.400. The van der Waals surface area contributed by atoms with Gasteiger partial charge in [0.1, 0.15) is 16.4 Å². The molecule has 0 spiro atoms. The van der Waals surface area contributed by atoms with Crippen LogP contribution in [0.25, 0.3) is 0 Å². The van der Waals surface area contributed by atoms with Gasteiger partial charge in [0.25, 0.3) is 5.91 Å². The van der Waals surface area contributed by atoms with Crippen molar-refractivity contribution in [3.63, 3.8) is 0 Å². The first-order valence-corrected chi connectivity index (χ1v) is 10.8. The number of hydrogen-bond acceptors (Lipinski definition) is 6. The van der Waals surface area contributed by atoms with Crippen molar-refractivity contribution in [3.8, 4) is 11.5 Å². The third-order valence-electron chi connectivity index (χ3n) is 4.92. The highest BCUT2D eigenvalue weighted by Crippen LogP contribution is 2.24. The molecular weight excluding hydrogens is 394 g/mol. The number of rotatable bonds is 7. The molecule has 1 aliphatic rings. The van der Waals surface area contributed by atoms with E-state index in [9.17, 15) is 13.2 Å². The number of carbonyl (C=O) groups excluding carboxylic acids is 1. The van der Waals surface area contributed by atoms with E-state index >= 15 is 0 Å². The molecule has 29 heavy (non-hydrogen) atoms. The van der Waals surface area contributed by atoms with Gasteiger partial charge in [0.05, 0.1) is 14.2 Å². The molecule has 2 aromatic rings. The summed E-state index contributed by atoms with van der Waals surface area (Å²) in [5.41, 5.74) is 0.428. The van der Waals surface area contributed by atoms with E-state index in [2.05, 4.69) is 10.3 Å². The molecule has 0 bridgehead atoms. The molecule has 1 amide bonds. The van der Waals surface area contributed by atoms with Gasteiger partial charge in [-0.05, 0) is 43.0 Å². The van der Waals surface area contributed by atoms with E-state index in [4.69, 9.17) is 9.47 Å². The lowest BCUT2D eigenvalue weighted by Crippen LogP contribution is -2.43. The quantitative estimate of drug-likeness (QED) is 0.736. The molecule has 1 aromatic heterocycles. The number of aromatic nitrogens is 1. The molecule has 2 heterocycles. The van der Waals surface area contributed by atoms with Crippen LogP contribution in [0.2, 0.25) is 0 Å². The Balaban J connectivity index is 1.63. The summed E-state index contributed by atoms with van der Waals surface area (Å²) in [6.07, 6.45) is 4.49. The Labute approximate surface area is 170 Å². The minimum atomic E-state index is -3.58. The van der Waals surface area contributed by atoms with Crippen LogP contribution in [0.4, 0.5) is 0 Å². The summed E-state index contributed by atoms with van der Waals surface area (Å²) < 4.78 is 37.5. The molecule has 1 atom stereocenters. The lowest BCUT2D eigenvalue weighted by molar-refractivity contribution is 0.0941. The second-order valence-electron chi connectivity index (χ2n) is 6.87. The maximum atomic E-state index is 12.8. The fourth-order valence-corrected chi connectivity index (χ4v) is 4.86. The van der Waals surface area contributed by atoms with E-state index in [-0.39, 0.29) is 16.7 Å². The first-order valence-electron chi connectivity index (χ1n) is 9.35. The Hall–Kier alpha value is -2.65. The van der Waals surface area contributed by atoms with Gasteiger partial charge in [0.15, 0.2) is 0 Å². The zero-order valence-corrected chi connectivity index (χ0v) is 17.3. The highest BCUT2D eigenvalue weighted by Gasteiger charge is 2.30. The monoisotopic (exact) mass is 419 g/mol. The minimum Gasteiger partial charge on any atom is -0.497 e. The van der Waals surface area contributed by atoms with Gasteiger partial charge in [-0.3, -0.25) is 9.78 Å². The second kappa shape index (κ2) is 9.23. The van der Waals surface area contributed by atoms with Gasteiger partial charge >= 0.3 is 0 Å². The van der Waals surface area contributed by atoms with Crippen LogP contribution < -0.4 is 14.8 Å². The van der Waals surface area contributed by atoms with E-state index in [0.29, 0.717) is 36.7 Å². The van der Waals surface area contributed by atoms with Crippen molar-refractivity contribution in [2.24, 2.45) is 5.92 Å². The van der Waals surface area contributed by atoms with Gasteiger partial charge < -0.3 is 14.8 Å². The van der Waals surface area contributed by atoms with Crippen LogP contribution in [0.15, 0.2) is 47.6 Å². The van der Waals surface area contributed by atoms with E-state index in [1.54, 1.807) is 36.5 Å². The normalized spacial score (nSPS) is 17.5. The van der Waals surface area contributed by atoms with Crippen LogP contribution in [-0.2, 0) is 10.0 Å². The third kappa shape index (κ3) is 5.04. The Kier molecular flexibility index (Phi) is 6.71. The molecule has 3 rings (SSSR count). The summed E-state index contributed by atoms with van der Waals surface area (Å²) in [5, 5.41) is 2.90. The molecule has 156 valence electrons. The van der Waals surface area contributed by atoms with Crippen LogP contribution in [0.5, 0.6) is 11.5 Å². The summed E-state index contributed by atoms with van der Waals surface area (Å²) >= 11 is 0. The number of methoxy groups -OCH3 is 2. The minimum absolute atomic E-state index is 0.0339. The van der Waals surface area contributed by atoms with Crippen molar-refractivity contribution in [1.29, 1.82) is 0 Å². The molecule has 1 N–H and O–H groups in total. The van der Waals surface area contributed by atoms with Crippen LogP contribution in [0.3, 0.4) is 0 Å². The number of pyridine rings is 1. The van der Waals surface area contributed by atoms with Gasteiger partial charge in [-0.1, -0.05) is 0 Å². The zero-order valence-electron chi connectivity index (χ0n) is 16.5. The number of nitrogens with zero attached hydrogens (tertiary/aromatic N) is 2. The fourth-order valence-electron chi connectivity index (χ4n) is 3.34. The summed E-state index contributed by atoms with van der Waals surface area (Å²) in [6, 6.07) is 8.12. The van der Waals surface area contributed by atoms with Crippen molar-refractivity contribution in [2.45, 2.75) is 17.7 Å². The maximum Gasteiger partial charge on any atom is 0.251 e. The number of piperidine rings is 1. The number of hydrogen-bond donors (Lipinski definition) is 1. The first kappa shape index (κ1) is 21.1. The van der Waals surface area contributed by atoms with Crippen LogP contribution in [0, 0.1) is 5.92 Å². The molecule has 1 aliphatic heterocycles.